The van der Waals surface area contributed by atoms with Gasteiger partial charge in [0.25, 0.3) is 0 Å². The van der Waals surface area contributed by atoms with Gasteiger partial charge in [0.15, 0.2) is 5.13 Å². The molecule has 5 rings (SSSR count). The molecular weight excluding hydrogens is 384 g/mol. The second-order valence-corrected chi connectivity index (χ2v) is 9.32. The summed E-state index contributed by atoms with van der Waals surface area (Å²) in [6.07, 6.45) is 3.33. The van der Waals surface area contributed by atoms with Gasteiger partial charge in [0.05, 0.1) is 10.2 Å². The summed E-state index contributed by atoms with van der Waals surface area (Å²) in [6.45, 7) is 1.57. The van der Waals surface area contributed by atoms with Crippen LogP contribution in [0.3, 0.4) is 0 Å². The molecule has 2 aromatic rings. The van der Waals surface area contributed by atoms with Crippen LogP contribution in [0.1, 0.15) is 25.7 Å². The number of hydrogen-bond donors (Lipinski definition) is 1. The van der Waals surface area contributed by atoms with E-state index in [0.29, 0.717) is 23.9 Å². The number of thiazole rings is 1. The molecule has 27 heavy (non-hydrogen) atoms. The fraction of sp³-hybridized carbons (Fsp3) is 0.526. The highest BCUT2D eigenvalue weighted by molar-refractivity contribution is 7.22. The smallest absolute Gasteiger partial charge is 0.240 e. The summed E-state index contributed by atoms with van der Waals surface area (Å²) in [4.78, 5) is 33.7. The second-order valence-electron chi connectivity index (χ2n) is 7.88. The molecule has 0 spiro atoms. The van der Waals surface area contributed by atoms with Gasteiger partial charge in [-0.25, -0.2) is 4.98 Å². The van der Waals surface area contributed by atoms with E-state index in [1.807, 2.05) is 23.1 Å². The van der Waals surface area contributed by atoms with Crippen molar-refractivity contribution in [3.8, 4) is 0 Å². The molecule has 0 saturated carbocycles. The monoisotopic (exact) mass is 404 g/mol. The van der Waals surface area contributed by atoms with Gasteiger partial charge < -0.3 is 15.5 Å². The molecule has 3 fully saturated rings. The second kappa shape index (κ2) is 6.34. The van der Waals surface area contributed by atoms with E-state index in [1.165, 1.54) is 0 Å². The van der Waals surface area contributed by atoms with Gasteiger partial charge >= 0.3 is 0 Å². The fourth-order valence-electron chi connectivity index (χ4n) is 5.20. The Labute approximate surface area is 166 Å². The first-order chi connectivity index (χ1) is 13.0. The molecule has 0 radical (unpaired) electrons. The predicted molar refractivity (Wildman–Crippen MR) is 106 cm³/mol. The first-order valence-electron chi connectivity index (χ1n) is 9.43. The number of amides is 2. The van der Waals surface area contributed by atoms with Crippen molar-refractivity contribution in [1.29, 1.82) is 0 Å². The summed E-state index contributed by atoms with van der Waals surface area (Å²) in [5.74, 6) is 0.138. The van der Waals surface area contributed by atoms with E-state index in [4.69, 9.17) is 22.3 Å². The van der Waals surface area contributed by atoms with Gasteiger partial charge in [0.1, 0.15) is 6.04 Å². The SMILES string of the molecule is NC(=O)[C@H]1[C@@H]2C[C@@H](CN(c3nc4ccc(Cl)cc4s3)C2)[C@@H]2CCCC(=O)N21. The quantitative estimate of drug-likeness (QED) is 0.834. The summed E-state index contributed by atoms with van der Waals surface area (Å²) >= 11 is 7.74. The molecule has 2 N–H and O–H groups in total. The van der Waals surface area contributed by atoms with Crippen molar-refractivity contribution in [2.24, 2.45) is 17.6 Å². The molecule has 0 unspecified atom stereocenters. The number of halogens is 1. The van der Waals surface area contributed by atoms with Crippen LogP contribution >= 0.6 is 22.9 Å². The molecule has 3 aliphatic rings. The van der Waals surface area contributed by atoms with Crippen LogP contribution < -0.4 is 10.6 Å². The zero-order valence-electron chi connectivity index (χ0n) is 14.8. The first kappa shape index (κ1) is 17.3. The highest BCUT2D eigenvalue weighted by Gasteiger charge is 2.51. The molecule has 1 aromatic carbocycles. The number of fused-ring (bicyclic) bond motifs is 5. The minimum atomic E-state index is -0.495. The van der Waals surface area contributed by atoms with Gasteiger partial charge in [-0.15, -0.1) is 0 Å². The molecule has 4 heterocycles. The van der Waals surface area contributed by atoms with E-state index in [2.05, 4.69) is 4.90 Å². The van der Waals surface area contributed by atoms with E-state index >= 15 is 0 Å². The Morgan fingerprint density at radius 3 is 2.93 bits per heavy atom. The van der Waals surface area contributed by atoms with E-state index in [1.54, 1.807) is 11.3 Å². The van der Waals surface area contributed by atoms with Crippen LogP contribution in [0.2, 0.25) is 5.02 Å². The van der Waals surface area contributed by atoms with Crippen LogP contribution in [0, 0.1) is 11.8 Å². The molecule has 3 saturated heterocycles. The Morgan fingerprint density at radius 1 is 1.30 bits per heavy atom. The molecule has 3 aliphatic heterocycles. The lowest BCUT2D eigenvalue weighted by atomic mass is 9.72. The third-order valence-electron chi connectivity index (χ3n) is 6.24. The van der Waals surface area contributed by atoms with Crippen molar-refractivity contribution in [3.63, 3.8) is 0 Å². The van der Waals surface area contributed by atoms with Crippen molar-refractivity contribution in [2.45, 2.75) is 37.8 Å². The van der Waals surface area contributed by atoms with Crippen LogP contribution in [0.15, 0.2) is 18.2 Å². The molecule has 142 valence electrons. The maximum Gasteiger partial charge on any atom is 0.240 e. The van der Waals surface area contributed by atoms with Crippen molar-refractivity contribution >= 4 is 50.1 Å². The average Bonchev–Trinajstić information content (AvgIpc) is 3.05. The molecular formula is C19H21ClN4O2S. The van der Waals surface area contributed by atoms with Crippen LogP contribution in [0.5, 0.6) is 0 Å². The Bertz CT molecular complexity index is 932. The lowest BCUT2D eigenvalue weighted by molar-refractivity contribution is -0.155. The average molecular weight is 405 g/mol. The Morgan fingerprint density at radius 2 is 2.11 bits per heavy atom. The molecule has 2 bridgehead atoms. The van der Waals surface area contributed by atoms with Crippen LogP contribution in [-0.4, -0.2) is 46.9 Å². The van der Waals surface area contributed by atoms with Crippen molar-refractivity contribution in [1.82, 2.24) is 9.88 Å². The lowest BCUT2D eigenvalue weighted by Gasteiger charge is -2.55. The molecule has 4 atom stereocenters. The minimum Gasteiger partial charge on any atom is -0.368 e. The Kier molecular flexibility index (Phi) is 4.05. The highest BCUT2D eigenvalue weighted by Crippen LogP contribution is 2.43. The normalized spacial score (nSPS) is 30.5. The van der Waals surface area contributed by atoms with E-state index in [9.17, 15) is 9.59 Å². The van der Waals surface area contributed by atoms with Gasteiger partial charge in [-0.05, 0) is 43.4 Å². The zero-order valence-corrected chi connectivity index (χ0v) is 16.4. The summed E-state index contributed by atoms with van der Waals surface area (Å²) < 4.78 is 1.06. The van der Waals surface area contributed by atoms with Crippen molar-refractivity contribution in [3.05, 3.63) is 23.2 Å². The van der Waals surface area contributed by atoms with Crippen molar-refractivity contribution < 1.29 is 9.59 Å². The number of nitrogens with zero attached hydrogens (tertiary/aromatic N) is 3. The van der Waals surface area contributed by atoms with Crippen molar-refractivity contribution in [2.75, 3.05) is 18.0 Å². The number of carbonyl (C=O) groups is 2. The summed E-state index contributed by atoms with van der Waals surface area (Å²) in [5.41, 5.74) is 6.70. The fourth-order valence-corrected chi connectivity index (χ4v) is 6.46. The number of carbonyl (C=O) groups excluding carboxylic acids is 2. The minimum absolute atomic E-state index is 0.0650. The van der Waals surface area contributed by atoms with Gasteiger partial charge in [0.2, 0.25) is 11.8 Å². The Hall–Kier alpha value is -1.86. The first-order valence-corrected chi connectivity index (χ1v) is 10.6. The maximum absolute atomic E-state index is 12.6. The van der Waals surface area contributed by atoms with Crippen LogP contribution in [0.4, 0.5) is 5.13 Å². The number of nitrogens with two attached hydrogens (primary N) is 1. The third kappa shape index (κ3) is 2.79. The topological polar surface area (TPSA) is 79.5 Å². The number of anilines is 1. The summed E-state index contributed by atoms with van der Waals surface area (Å²) in [7, 11) is 0. The number of hydrogen-bond acceptors (Lipinski definition) is 5. The van der Waals surface area contributed by atoms with Gasteiger partial charge in [-0.1, -0.05) is 22.9 Å². The highest BCUT2D eigenvalue weighted by atomic mass is 35.5. The molecule has 8 heteroatoms. The largest absolute Gasteiger partial charge is 0.368 e. The predicted octanol–water partition coefficient (Wildman–Crippen LogP) is 2.64. The maximum atomic E-state index is 12.6. The summed E-state index contributed by atoms with van der Waals surface area (Å²) in [6, 6.07) is 5.36. The van der Waals surface area contributed by atoms with Crippen LogP contribution in [-0.2, 0) is 9.59 Å². The number of primary amides is 1. The Balaban J connectivity index is 1.49. The van der Waals surface area contributed by atoms with E-state index < -0.39 is 6.04 Å². The van der Waals surface area contributed by atoms with Gasteiger partial charge in [-0.2, -0.15) is 0 Å². The zero-order chi connectivity index (χ0) is 18.7. The van der Waals surface area contributed by atoms with Gasteiger partial charge in [-0.3, -0.25) is 9.59 Å². The number of benzene rings is 1. The molecule has 1 aromatic heterocycles. The molecule has 2 amide bonds. The van der Waals surface area contributed by atoms with E-state index in [0.717, 1.165) is 41.2 Å². The van der Waals surface area contributed by atoms with Crippen LogP contribution in [0.25, 0.3) is 10.2 Å². The third-order valence-corrected chi connectivity index (χ3v) is 7.56. The van der Waals surface area contributed by atoms with Gasteiger partial charge in [0, 0.05) is 36.5 Å². The number of piperidine rings is 3. The standard InChI is InChI=1S/C19H21ClN4O2S/c20-12-4-5-13-15(7-12)27-19(22-13)23-8-10-6-11(9-23)17(18(21)26)24-14(10)2-1-3-16(24)25/h4-5,7,10-11,14,17H,1-3,6,8-9H2,(H2,21,26)/t10-,11+,14-,17+/m0/s1. The number of aromatic nitrogens is 1. The molecule has 6 nitrogen and oxygen atoms in total. The molecule has 0 aliphatic carbocycles. The number of rotatable bonds is 2. The van der Waals surface area contributed by atoms with E-state index in [-0.39, 0.29) is 23.8 Å². The lowest BCUT2D eigenvalue weighted by Crippen LogP contribution is -2.68. The summed E-state index contributed by atoms with van der Waals surface area (Å²) in [5, 5.41) is 1.67.